The van der Waals surface area contributed by atoms with Gasteiger partial charge >= 0.3 is 5.97 Å². The van der Waals surface area contributed by atoms with Crippen LogP contribution in [0.15, 0.2) is 30.3 Å². The molecule has 0 radical (unpaired) electrons. The Morgan fingerprint density at radius 3 is 2.38 bits per heavy atom. The van der Waals surface area contributed by atoms with Crippen molar-refractivity contribution in [2.45, 2.75) is 51.0 Å². The van der Waals surface area contributed by atoms with Gasteiger partial charge in [0.2, 0.25) is 5.91 Å². The van der Waals surface area contributed by atoms with E-state index in [0.717, 1.165) is 25.7 Å². The van der Waals surface area contributed by atoms with E-state index in [1.165, 1.54) is 5.56 Å². The van der Waals surface area contributed by atoms with Crippen LogP contribution in [0, 0.1) is 5.92 Å². The summed E-state index contributed by atoms with van der Waals surface area (Å²) in [7, 11) is 0. The normalized spacial score (nSPS) is 21.7. The molecule has 21 heavy (non-hydrogen) atoms. The molecule has 0 bridgehead atoms. The van der Waals surface area contributed by atoms with Crippen molar-refractivity contribution in [2.24, 2.45) is 5.92 Å². The first-order chi connectivity index (χ1) is 10.1. The van der Waals surface area contributed by atoms with Crippen LogP contribution >= 0.6 is 0 Å². The Morgan fingerprint density at radius 1 is 1.10 bits per heavy atom. The van der Waals surface area contributed by atoms with E-state index in [2.05, 4.69) is 17.4 Å². The van der Waals surface area contributed by atoms with Gasteiger partial charge in [0.15, 0.2) is 0 Å². The van der Waals surface area contributed by atoms with E-state index >= 15 is 0 Å². The molecule has 4 nitrogen and oxygen atoms in total. The van der Waals surface area contributed by atoms with Crippen molar-refractivity contribution in [2.75, 3.05) is 0 Å². The number of amides is 1. The summed E-state index contributed by atoms with van der Waals surface area (Å²) in [5.74, 6) is -0.844. The molecule has 1 aromatic carbocycles. The van der Waals surface area contributed by atoms with Gasteiger partial charge in [0.1, 0.15) is 0 Å². The SMILES string of the molecule is O=C(CCCc1ccccc1)NC1CCC(C(=O)O)CC1. The van der Waals surface area contributed by atoms with Crippen molar-refractivity contribution in [1.82, 2.24) is 5.32 Å². The second-order valence-corrected chi connectivity index (χ2v) is 5.79. The van der Waals surface area contributed by atoms with Crippen LogP contribution in [-0.2, 0) is 16.0 Å². The number of hydrogen-bond acceptors (Lipinski definition) is 2. The zero-order valence-electron chi connectivity index (χ0n) is 12.3. The summed E-state index contributed by atoms with van der Waals surface area (Å²) in [6.45, 7) is 0. The summed E-state index contributed by atoms with van der Waals surface area (Å²) >= 11 is 0. The Bertz CT molecular complexity index is 464. The van der Waals surface area contributed by atoms with Crippen LogP contribution in [0.25, 0.3) is 0 Å². The predicted octanol–water partition coefficient (Wildman–Crippen LogP) is 2.77. The average molecular weight is 289 g/mol. The van der Waals surface area contributed by atoms with E-state index in [1.807, 2.05) is 18.2 Å². The fraction of sp³-hybridized carbons (Fsp3) is 0.529. The molecule has 2 N–H and O–H groups in total. The molecule has 0 aliphatic heterocycles. The number of aryl methyl sites for hydroxylation is 1. The lowest BCUT2D eigenvalue weighted by molar-refractivity contribution is -0.142. The molecule has 4 heteroatoms. The molecule has 114 valence electrons. The topological polar surface area (TPSA) is 66.4 Å². The quantitative estimate of drug-likeness (QED) is 0.846. The number of hydrogen-bond donors (Lipinski definition) is 2. The molecule has 0 aromatic heterocycles. The summed E-state index contributed by atoms with van der Waals surface area (Å²) in [5, 5.41) is 12.0. The van der Waals surface area contributed by atoms with E-state index in [4.69, 9.17) is 5.11 Å². The first kappa shape index (κ1) is 15.5. The van der Waals surface area contributed by atoms with Crippen molar-refractivity contribution in [1.29, 1.82) is 0 Å². The van der Waals surface area contributed by atoms with E-state index in [1.54, 1.807) is 0 Å². The maximum Gasteiger partial charge on any atom is 0.306 e. The Kier molecular flexibility index (Phi) is 5.78. The van der Waals surface area contributed by atoms with Crippen LogP contribution in [0.4, 0.5) is 0 Å². The average Bonchev–Trinajstić information content (AvgIpc) is 2.49. The van der Waals surface area contributed by atoms with Crippen molar-refractivity contribution >= 4 is 11.9 Å². The third-order valence-corrected chi connectivity index (χ3v) is 4.15. The highest BCUT2D eigenvalue weighted by Crippen LogP contribution is 2.24. The minimum Gasteiger partial charge on any atom is -0.481 e. The highest BCUT2D eigenvalue weighted by molar-refractivity contribution is 5.76. The standard InChI is InChI=1S/C17H23NO3/c19-16(8-4-7-13-5-2-1-3-6-13)18-15-11-9-14(10-12-15)17(20)21/h1-3,5-6,14-15H,4,7-12H2,(H,18,19)(H,20,21). The van der Waals surface area contributed by atoms with Gasteiger partial charge in [0.05, 0.1) is 5.92 Å². The van der Waals surface area contributed by atoms with Gasteiger partial charge in [-0.15, -0.1) is 0 Å². The van der Waals surface area contributed by atoms with Gasteiger partial charge in [-0.05, 0) is 44.1 Å². The van der Waals surface area contributed by atoms with Crippen LogP contribution < -0.4 is 5.32 Å². The summed E-state index contributed by atoms with van der Waals surface area (Å²) in [6.07, 6.45) is 5.20. The van der Waals surface area contributed by atoms with E-state index in [-0.39, 0.29) is 17.9 Å². The number of benzene rings is 1. The summed E-state index contributed by atoms with van der Waals surface area (Å²) in [6, 6.07) is 10.3. The monoisotopic (exact) mass is 289 g/mol. The number of rotatable bonds is 6. The Hall–Kier alpha value is -1.84. The smallest absolute Gasteiger partial charge is 0.306 e. The Labute approximate surface area is 125 Å². The van der Waals surface area contributed by atoms with Gasteiger partial charge in [-0.2, -0.15) is 0 Å². The van der Waals surface area contributed by atoms with Crippen LogP contribution in [-0.4, -0.2) is 23.0 Å². The van der Waals surface area contributed by atoms with Crippen LogP contribution in [0.3, 0.4) is 0 Å². The molecule has 0 spiro atoms. The largest absolute Gasteiger partial charge is 0.481 e. The molecule has 1 aliphatic rings. The van der Waals surface area contributed by atoms with Crippen LogP contribution in [0.1, 0.15) is 44.1 Å². The zero-order chi connectivity index (χ0) is 15.1. The molecule has 1 aromatic rings. The first-order valence-corrected chi connectivity index (χ1v) is 7.71. The second-order valence-electron chi connectivity index (χ2n) is 5.79. The molecule has 1 fully saturated rings. The lowest BCUT2D eigenvalue weighted by Crippen LogP contribution is -2.38. The maximum absolute atomic E-state index is 11.9. The highest BCUT2D eigenvalue weighted by Gasteiger charge is 2.26. The third-order valence-electron chi connectivity index (χ3n) is 4.15. The summed E-state index contributed by atoms with van der Waals surface area (Å²) < 4.78 is 0. The molecular weight excluding hydrogens is 266 g/mol. The van der Waals surface area contributed by atoms with E-state index in [0.29, 0.717) is 19.3 Å². The molecule has 1 amide bonds. The second kappa shape index (κ2) is 7.81. The van der Waals surface area contributed by atoms with Gasteiger partial charge < -0.3 is 10.4 Å². The van der Waals surface area contributed by atoms with Crippen molar-refractivity contribution < 1.29 is 14.7 Å². The maximum atomic E-state index is 11.9. The minimum atomic E-state index is -0.706. The summed E-state index contributed by atoms with van der Waals surface area (Å²) in [5.41, 5.74) is 1.26. The first-order valence-electron chi connectivity index (χ1n) is 7.71. The van der Waals surface area contributed by atoms with Crippen molar-refractivity contribution in [3.63, 3.8) is 0 Å². The number of carbonyl (C=O) groups excluding carboxylic acids is 1. The minimum absolute atomic E-state index is 0.0877. The predicted molar refractivity (Wildman–Crippen MR) is 80.9 cm³/mol. The summed E-state index contributed by atoms with van der Waals surface area (Å²) in [4.78, 5) is 22.8. The third kappa shape index (κ3) is 5.21. The zero-order valence-corrected chi connectivity index (χ0v) is 12.3. The number of carboxylic acids is 1. The molecule has 0 unspecified atom stereocenters. The number of aliphatic carboxylic acids is 1. The number of nitrogens with one attached hydrogen (secondary N) is 1. The number of carbonyl (C=O) groups is 2. The lowest BCUT2D eigenvalue weighted by Gasteiger charge is -2.26. The lowest BCUT2D eigenvalue weighted by atomic mass is 9.86. The van der Waals surface area contributed by atoms with Crippen molar-refractivity contribution in [3.8, 4) is 0 Å². The van der Waals surface area contributed by atoms with Gasteiger partial charge in [-0.1, -0.05) is 30.3 Å². The van der Waals surface area contributed by atoms with Gasteiger partial charge in [-0.25, -0.2) is 0 Å². The molecule has 0 atom stereocenters. The van der Waals surface area contributed by atoms with Crippen molar-refractivity contribution in [3.05, 3.63) is 35.9 Å². The molecule has 0 heterocycles. The fourth-order valence-corrected chi connectivity index (χ4v) is 2.88. The van der Waals surface area contributed by atoms with E-state index in [9.17, 15) is 9.59 Å². The molecule has 0 saturated heterocycles. The van der Waals surface area contributed by atoms with Gasteiger partial charge in [-0.3, -0.25) is 9.59 Å². The van der Waals surface area contributed by atoms with E-state index < -0.39 is 5.97 Å². The highest BCUT2D eigenvalue weighted by atomic mass is 16.4. The van der Waals surface area contributed by atoms with Crippen LogP contribution in [0.5, 0.6) is 0 Å². The van der Waals surface area contributed by atoms with Crippen LogP contribution in [0.2, 0.25) is 0 Å². The Balaban J connectivity index is 1.63. The molecular formula is C17H23NO3. The number of carboxylic acid groups (broad SMARTS) is 1. The van der Waals surface area contributed by atoms with Gasteiger partial charge in [0.25, 0.3) is 0 Å². The molecule has 1 saturated carbocycles. The Morgan fingerprint density at radius 2 is 1.76 bits per heavy atom. The fourth-order valence-electron chi connectivity index (χ4n) is 2.88. The van der Waals surface area contributed by atoms with Gasteiger partial charge in [0, 0.05) is 12.5 Å². The molecule has 2 rings (SSSR count). The molecule has 1 aliphatic carbocycles.